The number of rotatable bonds is 4. The van der Waals surface area contributed by atoms with Crippen molar-refractivity contribution in [3.8, 4) is 0 Å². The molecule has 1 aromatic rings. The Bertz CT molecular complexity index is 606. The van der Waals surface area contributed by atoms with Crippen molar-refractivity contribution in [3.05, 3.63) is 29.8 Å². The molecular weight excluding hydrogens is 300 g/mol. The van der Waals surface area contributed by atoms with Crippen molar-refractivity contribution < 1.29 is 22.3 Å². The average molecular weight is 319 g/mol. The molecule has 1 fully saturated rings. The maximum atomic E-state index is 13.8. The highest BCUT2D eigenvalue weighted by Gasteiger charge is 2.37. The lowest BCUT2D eigenvalue weighted by atomic mass is 9.98. The summed E-state index contributed by atoms with van der Waals surface area (Å²) in [6.45, 7) is 2.00. The van der Waals surface area contributed by atoms with Crippen molar-refractivity contribution in [2.24, 2.45) is 0 Å². The molecule has 0 amide bonds. The summed E-state index contributed by atoms with van der Waals surface area (Å²) in [5.74, 6) is -1.93. The maximum absolute atomic E-state index is 13.8. The molecule has 2 atom stereocenters. The van der Waals surface area contributed by atoms with E-state index in [-0.39, 0.29) is 6.54 Å². The zero-order valence-corrected chi connectivity index (χ0v) is 12.6. The predicted octanol–water partition coefficient (Wildman–Crippen LogP) is 2.28. The Morgan fingerprint density at radius 3 is 2.71 bits per heavy atom. The molecule has 118 valence electrons. The predicted molar refractivity (Wildman–Crippen MR) is 74.2 cm³/mol. The Kier molecular flexibility index (Phi) is 4.95. The van der Waals surface area contributed by atoms with Gasteiger partial charge in [-0.25, -0.2) is 17.2 Å². The van der Waals surface area contributed by atoms with E-state index >= 15 is 0 Å². The van der Waals surface area contributed by atoms with Crippen molar-refractivity contribution >= 4 is 10.0 Å². The minimum absolute atomic E-state index is 0.237. The third-order valence-corrected chi connectivity index (χ3v) is 5.80. The second-order valence-electron chi connectivity index (χ2n) is 5.23. The van der Waals surface area contributed by atoms with Gasteiger partial charge in [-0.15, -0.1) is 0 Å². The van der Waals surface area contributed by atoms with Gasteiger partial charge < -0.3 is 5.11 Å². The number of sulfonamides is 1. The molecule has 2 rings (SSSR count). The molecule has 0 spiro atoms. The van der Waals surface area contributed by atoms with Crippen LogP contribution in [-0.4, -0.2) is 36.5 Å². The van der Waals surface area contributed by atoms with E-state index in [9.17, 15) is 22.3 Å². The summed E-state index contributed by atoms with van der Waals surface area (Å²) < 4.78 is 53.1. The van der Waals surface area contributed by atoms with Gasteiger partial charge in [0.1, 0.15) is 16.5 Å². The second-order valence-corrected chi connectivity index (χ2v) is 7.09. The van der Waals surface area contributed by atoms with E-state index in [1.165, 1.54) is 0 Å². The van der Waals surface area contributed by atoms with Crippen molar-refractivity contribution in [2.45, 2.75) is 49.6 Å². The van der Waals surface area contributed by atoms with Crippen LogP contribution in [0.25, 0.3) is 0 Å². The van der Waals surface area contributed by atoms with Gasteiger partial charge in [-0.05, 0) is 31.4 Å². The SMILES string of the molecule is CCC(O)C1CCCCN1S(=O)(=O)c1ccc(F)cc1F. The molecule has 1 N–H and O–H groups in total. The van der Waals surface area contributed by atoms with Crippen LogP contribution in [0.2, 0.25) is 0 Å². The molecule has 1 aromatic carbocycles. The van der Waals surface area contributed by atoms with Gasteiger partial charge >= 0.3 is 0 Å². The first-order chi connectivity index (χ1) is 9.87. The number of hydrogen-bond donors (Lipinski definition) is 1. The van der Waals surface area contributed by atoms with Crippen LogP contribution >= 0.6 is 0 Å². The molecule has 21 heavy (non-hydrogen) atoms. The van der Waals surface area contributed by atoms with Crippen LogP contribution < -0.4 is 0 Å². The number of nitrogens with zero attached hydrogens (tertiary/aromatic N) is 1. The fraction of sp³-hybridized carbons (Fsp3) is 0.571. The number of piperidine rings is 1. The minimum atomic E-state index is -4.08. The Labute approximate surface area is 123 Å². The van der Waals surface area contributed by atoms with E-state index in [0.717, 1.165) is 22.9 Å². The van der Waals surface area contributed by atoms with Gasteiger partial charge in [0.05, 0.1) is 12.1 Å². The lowest BCUT2D eigenvalue weighted by Gasteiger charge is -2.37. The number of aliphatic hydroxyl groups is 1. The van der Waals surface area contributed by atoms with Crippen molar-refractivity contribution in [1.29, 1.82) is 0 Å². The Morgan fingerprint density at radius 2 is 2.10 bits per heavy atom. The van der Waals surface area contributed by atoms with Crippen LogP contribution in [-0.2, 0) is 10.0 Å². The molecule has 1 saturated heterocycles. The van der Waals surface area contributed by atoms with E-state index in [0.29, 0.717) is 25.3 Å². The Hall–Kier alpha value is -1.05. The van der Waals surface area contributed by atoms with Crippen LogP contribution in [0.4, 0.5) is 8.78 Å². The van der Waals surface area contributed by atoms with Gasteiger partial charge in [0.25, 0.3) is 0 Å². The zero-order chi connectivity index (χ0) is 15.6. The third-order valence-electron chi connectivity index (χ3n) is 3.84. The van der Waals surface area contributed by atoms with Crippen LogP contribution in [0.1, 0.15) is 32.6 Å². The minimum Gasteiger partial charge on any atom is -0.391 e. The molecular formula is C14H19F2NO3S. The first-order valence-corrected chi connectivity index (χ1v) is 8.47. The van der Waals surface area contributed by atoms with Crippen LogP contribution in [0.3, 0.4) is 0 Å². The number of aliphatic hydroxyl groups excluding tert-OH is 1. The summed E-state index contributed by atoms with van der Waals surface area (Å²) in [5, 5.41) is 10.0. The number of benzene rings is 1. The standard InChI is InChI=1S/C14H19F2NO3S/c1-2-13(18)12-5-3-4-8-17(12)21(19,20)14-7-6-10(15)9-11(14)16/h6-7,9,12-13,18H,2-5,8H2,1H3. The highest BCUT2D eigenvalue weighted by Crippen LogP contribution is 2.29. The fourth-order valence-corrected chi connectivity index (χ4v) is 4.47. The Morgan fingerprint density at radius 1 is 1.38 bits per heavy atom. The van der Waals surface area contributed by atoms with Crippen LogP contribution in [0.5, 0.6) is 0 Å². The van der Waals surface area contributed by atoms with Gasteiger partial charge in [0.2, 0.25) is 10.0 Å². The molecule has 0 bridgehead atoms. The fourth-order valence-electron chi connectivity index (χ4n) is 2.70. The molecule has 0 saturated carbocycles. The van der Waals surface area contributed by atoms with Gasteiger partial charge in [0, 0.05) is 12.6 Å². The molecule has 1 aliphatic rings. The molecule has 4 nitrogen and oxygen atoms in total. The summed E-state index contributed by atoms with van der Waals surface area (Å²) in [6.07, 6.45) is 1.65. The molecule has 0 aromatic heterocycles. The van der Waals surface area contributed by atoms with E-state index in [1.807, 2.05) is 0 Å². The van der Waals surface area contributed by atoms with Gasteiger partial charge in [-0.2, -0.15) is 4.31 Å². The summed E-state index contributed by atoms with van der Waals surface area (Å²) in [4.78, 5) is -0.542. The topological polar surface area (TPSA) is 57.6 Å². The smallest absolute Gasteiger partial charge is 0.246 e. The lowest BCUT2D eigenvalue weighted by molar-refractivity contribution is 0.0666. The zero-order valence-electron chi connectivity index (χ0n) is 11.8. The number of halogens is 2. The monoisotopic (exact) mass is 319 g/mol. The quantitative estimate of drug-likeness (QED) is 0.926. The second kappa shape index (κ2) is 6.37. The molecule has 2 unspecified atom stereocenters. The normalized spacial score (nSPS) is 22.2. The van der Waals surface area contributed by atoms with Gasteiger partial charge in [-0.1, -0.05) is 13.3 Å². The average Bonchev–Trinajstić information content (AvgIpc) is 2.46. The van der Waals surface area contributed by atoms with Crippen molar-refractivity contribution in [3.63, 3.8) is 0 Å². The first-order valence-electron chi connectivity index (χ1n) is 7.03. The highest BCUT2D eigenvalue weighted by molar-refractivity contribution is 7.89. The number of hydrogen-bond acceptors (Lipinski definition) is 3. The highest BCUT2D eigenvalue weighted by atomic mass is 32.2. The summed E-state index contributed by atoms with van der Waals surface area (Å²) in [6, 6.07) is 1.86. The molecule has 1 heterocycles. The van der Waals surface area contributed by atoms with Crippen molar-refractivity contribution in [2.75, 3.05) is 6.54 Å². The largest absolute Gasteiger partial charge is 0.391 e. The Balaban J connectivity index is 2.40. The lowest BCUT2D eigenvalue weighted by Crippen LogP contribution is -2.49. The molecule has 1 aliphatic heterocycles. The molecule has 7 heteroatoms. The van der Waals surface area contributed by atoms with Crippen LogP contribution in [0, 0.1) is 11.6 Å². The van der Waals surface area contributed by atoms with Gasteiger partial charge in [-0.3, -0.25) is 0 Å². The molecule has 0 aliphatic carbocycles. The summed E-state index contributed by atoms with van der Waals surface area (Å²) in [7, 11) is -4.08. The van der Waals surface area contributed by atoms with E-state index in [1.54, 1.807) is 6.92 Å². The molecule has 0 radical (unpaired) electrons. The van der Waals surface area contributed by atoms with E-state index in [4.69, 9.17) is 0 Å². The third kappa shape index (κ3) is 3.25. The van der Waals surface area contributed by atoms with Crippen LogP contribution in [0.15, 0.2) is 23.1 Å². The van der Waals surface area contributed by atoms with E-state index < -0.39 is 38.7 Å². The van der Waals surface area contributed by atoms with E-state index in [2.05, 4.69) is 0 Å². The summed E-state index contributed by atoms with van der Waals surface area (Å²) in [5.41, 5.74) is 0. The maximum Gasteiger partial charge on any atom is 0.246 e. The van der Waals surface area contributed by atoms with Gasteiger partial charge in [0.15, 0.2) is 0 Å². The first kappa shape index (κ1) is 16.3. The summed E-state index contributed by atoms with van der Waals surface area (Å²) >= 11 is 0. The van der Waals surface area contributed by atoms with Crippen molar-refractivity contribution in [1.82, 2.24) is 4.31 Å².